The summed E-state index contributed by atoms with van der Waals surface area (Å²) in [6.45, 7) is 4.15. The van der Waals surface area contributed by atoms with Gasteiger partial charge in [-0.25, -0.2) is 0 Å². The van der Waals surface area contributed by atoms with Crippen LogP contribution in [-0.4, -0.2) is 36.1 Å². The first-order valence-corrected chi connectivity index (χ1v) is 7.29. The van der Waals surface area contributed by atoms with E-state index in [2.05, 4.69) is 10.2 Å². The molecule has 2 aliphatic carbocycles. The molecule has 4 fully saturated rings. The average Bonchev–Trinajstić information content (AvgIpc) is 2.11. The number of hydrogen-bond acceptors (Lipinski definition) is 2. The van der Waals surface area contributed by atoms with Crippen LogP contribution in [0.3, 0.4) is 0 Å². The zero-order chi connectivity index (χ0) is 10.6. The van der Waals surface area contributed by atoms with E-state index in [4.69, 9.17) is 0 Å². The summed E-state index contributed by atoms with van der Waals surface area (Å²) < 4.78 is 0. The number of nitrogens with zero attached hydrogens (tertiary/aromatic N) is 1. The molecule has 2 saturated carbocycles. The molecule has 2 heterocycles. The normalized spacial score (nSPS) is 40.1. The fourth-order valence-electron chi connectivity index (χ4n) is 4.49. The molecule has 2 spiro atoms. The summed E-state index contributed by atoms with van der Waals surface area (Å²) in [5.74, 6) is 0. The first-order chi connectivity index (χ1) is 7.79. The number of piperidine rings is 1. The third-order valence-electron chi connectivity index (χ3n) is 5.92. The predicted molar refractivity (Wildman–Crippen MR) is 65.5 cm³/mol. The van der Waals surface area contributed by atoms with Crippen molar-refractivity contribution in [2.24, 2.45) is 5.41 Å². The van der Waals surface area contributed by atoms with Crippen LogP contribution < -0.4 is 5.32 Å². The minimum atomic E-state index is 0.589. The second-order valence-electron chi connectivity index (χ2n) is 6.97. The molecule has 16 heavy (non-hydrogen) atoms. The number of nitrogens with one attached hydrogen (secondary N) is 1. The second kappa shape index (κ2) is 3.23. The maximum Gasteiger partial charge on any atom is 0.0196 e. The molecule has 0 aromatic rings. The van der Waals surface area contributed by atoms with Gasteiger partial charge in [0, 0.05) is 24.7 Å². The highest BCUT2D eigenvalue weighted by molar-refractivity contribution is 5.07. The van der Waals surface area contributed by atoms with Crippen LogP contribution in [0.1, 0.15) is 51.4 Å². The van der Waals surface area contributed by atoms with E-state index in [9.17, 15) is 0 Å². The molecule has 4 aliphatic rings. The van der Waals surface area contributed by atoms with Gasteiger partial charge in [0.2, 0.25) is 0 Å². The van der Waals surface area contributed by atoms with Crippen molar-refractivity contribution < 1.29 is 0 Å². The van der Waals surface area contributed by atoms with Crippen molar-refractivity contribution in [1.29, 1.82) is 0 Å². The third-order valence-corrected chi connectivity index (χ3v) is 5.92. The van der Waals surface area contributed by atoms with Gasteiger partial charge >= 0.3 is 0 Å². The molecule has 0 aromatic carbocycles. The lowest BCUT2D eigenvalue weighted by Gasteiger charge is -2.61. The summed E-state index contributed by atoms with van der Waals surface area (Å²) >= 11 is 0. The molecule has 0 amide bonds. The maximum atomic E-state index is 3.79. The van der Waals surface area contributed by atoms with Gasteiger partial charge in [-0.3, -0.25) is 4.90 Å². The first kappa shape index (κ1) is 9.90. The quantitative estimate of drug-likeness (QED) is 0.728. The minimum absolute atomic E-state index is 0.589. The van der Waals surface area contributed by atoms with Crippen LogP contribution in [0, 0.1) is 5.41 Å². The van der Waals surface area contributed by atoms with E-state index >= 15 is 0 Å². The molecular weight excluding hydrogens is 196 g/mol. The number of rotatable bonds is 1. The first-order valence-electron chi connectivity index (χ1n) is 7.29. The Morgan fingerprint density at radius 1 is 1.00 bits per heavy atom. The van der Waals surface area contributed by atoms with Gasteiger partial charge in [0.25, 0.3) is 0 Å². The standard InChI is InChI=1S/C14H24N2/c1-4-13(5-1)10-16(11-13)12-3-8-15-14(9-12)6-2-7-14/h12,15H,1-11H2. The molecule has 1 atom stereocenters. The molecule has 1 N–H and O–H groups in total. The topological polar surface area (TPSA) is 15.3 Å². The van der Waals surface area contributed by atoms with E-state index in [1.54, 1.807) is 0 Å². The summed E-state index contributed by atoms with van der Waals surface area (Å²) in [4.78, 5) is 2.81. The van der Waals surface area contributed by atoms with Crippen molar-refractivity contribution in [2.45, 2.75) is 62.9 Å². The van der Waals surface area contributed by atoms with Crippen LogP contribution in [0.5, 0.6) is 0 Å². The van der Waals surface area contributed by atoms with E-state index in [0.29, 0.717) is 5.54 Å². The smallest absolute Gasteiger partial charge is 0.0196 e. The van der Waals surface area contributed by atoms with E-state index < -0.39 is 0 Å². The summed E-state index contributed by atoms with van der Waals surface area (Å²) in [5.41, 5.74) is 1.41. The van der Waals surface area contributed by atoms with Crippen LogP contribution >= 0.6 is 0 Å². The van der Waals surface area contributed by atoms with Gasteiger partial charge in [-0.2, -0.15) is 0 Å². The van der Waals surface area contributed by atoms with Crippen molar-refractivity contribution in [3.8, 4) is 0 Å². The lowest BCUT2D eigenvalue weighted by atomic mass is 9.62. The second-order valence-corrected chi connectivity index (χ2v) is 6.97. The largest absolute Gasteiger partial charge is 0.311 e. The fourth-order valence-corrected chi connectivity index (χ4v) is 4.49. The Morgan fingerprint density at radius 3 is 2.31 bits per heavy atom. The fraction of sp³-hybridized carbons (Fsp3) is 1.00. The highest BCUT2D eigenvalue weighted by atomic mass is 15.3. The molecular formula is C14H24N2. The molecule has 2 nitrogen and oxygen atoms in total. The van der Waals surface area contributed by atoms with E-state index in [1.807, 2.05) is 0 Å². The molecule has 4 rings (SSSR count). The van der Waals surface area contributed by atoms with E-state index in [1.165, 1.54) is 71.0 Å². The Balaban J connectivity index is 1.37. The zero-order valence-electron chi connectivity index (χ0n) is 10.3. The van der Waals surface area contributed by atoms with Gasteiger partial charge in [-0.15, -0.1) is 0 Å². The predicted octanol–water partition coefficient (Wildman–Crippen LogP) is 2.15. The van der Waals surface area contributed by atoms with Crippen molar-refractivity contribution in [3.05, 3.63) is 0 Å². The van der Waals surface area contributed by atoms with Crippen LogP contribution in [0.15, 0.2) is 0 Å². The molecule has 2 heteroatoms. The zero-order valence-corrected chi connectivity index (χ0v) is 10.3. The monoisotopic (exact) mass is 220 g/mol. The average molecular weight is 220 g/mol. The molecule has 0 aromatic heterocycles. The summed E-state index contributed by atoms with van der Waals surface area (Å²) in [7, 11) is 0. The Bertz CT molecular complexity index is 283. The summed E-state index contributed by atoms with van der Waals surface area (Å²) in [6.07, 6.45) is 11.8. The minimum Gasteiger partial charge on any atom is -0.311 e. The molecule has 1 unspecified atom stereocenters. The van der Waals surface area contributed by atoms with Gasteiger partial charge in [-0.05, 0) is 56.9 Å². The molecule has 0 bridgehead atoms. The van der Waals surface area contributed by atoms with Gasteiger partial charge < -0.3 is 5.32 Å². The Kier molecular flexibility index (Phi) is 2.00. The number of hydrogen-bond donors (Lipinski definition) is 1. The Labute approximate surface area is 98.8 Å². The van der Waals surface area contributed by atoms with Crippen molar-refractivity contribution in [1.82, 2.24) is 10.2 Å². The van der Waals surface area contributed by atoms with Crippen LogP contribution in [0.4, 0.5) is 0 Å². The van der Waals surface area contributed by atoms with Gasteiger partial charge in [0.15, 0.2) is 0 Å². The molecule has 90 valence electrons. The highest BCUT2D eigenvalue weighted by Gasteiger charge is 2.51. The lowest BCUT2D eigenvalue weighted by molar-refractivity contribution is -0.0995. The van der Waals surface area contributed by atoms with Crippen molar-refractivity contribution >= 4 is 0 Å². The highest BCUT2D eigenvalue weighted by Crippen LogP contribution is 2.50. The summed E-state index contributed by atoms with van der Waals surface area (Å²) in [5, 5.41) is 3.79. The van der Waals surface area contributed by atoms with Crippen LogP contribution in [-0.2, 0) is 0 Å². The van der Waals surface area contributed by atoms with Gasteiger partial charge in [-0.1, -0.05) is 6.42 Å². The van der Waals surface area contributed by atoms with Gasteiger partial charge in [0.05, 0.1) is 0 Å². The summed E-state index contributed by atoms with van der Waals surface area (Å²) in [6, 6.07) is 0.924. The lowest BCUT2D eigenvalue weighted by Crippen LogP contribution is -2.67. The van der Waals surface area contributed by atoms with Gasteiger partial charge in [0.1, 0.15) is 0 Å². The maximum absolute atomic E-state index is 3.79. The van der Waals surface area contributed by atoms with Crippen molar-refractivity contribution in [3.63, 3.8) is 0 Å². The van der Waals surface area contributed by atoms with Crippen LogP contribution in [0.25, 0.3) is 0 Å². The molecule has 2 saturated heterocycles. The number of likely N-dealkylation sites (tertiary alicyclic amines) is 1. The van der Waals surface area contributed by atoms with E-state index in [0.717, 1.165) is 11.5 Å². The molecule has 2 aliphatic heterocycles. The SMILES string of the molecule is C1CC2(C1)CN(C1CCNC3(CCC3)C1)C2. The Hall–Kier alpha value is -0.0800. The van der Waals surface area contributed by atoms with Crippen molar-refractivity contribution in [2.75, 3.05) is 19.6 Å². The third kappa shape index (κ3) is 1.32. The Morgan fingerprint density at radius 2 is 1.75 bits per heavy atom. The van der Waals surface area contributed by atoms with Crippen LogP contribution in [0.2, 0.25) is 0 Å². The molecule has 0 radical (unpaired) electrons. The van der Waals surface area contributed by atoms with E-state index in [-0.39, 0.29) is 0 Å².